The van der Waals surface area contributed by atoms with Crippen LogP contribution >= 0.6 is 0 Å². The molecule has 0 fully saturated rings. The van der Waals surface area contributed by atoms with E-state index < -0.39 is 11.9 Å². The highest BCUT2D eigenvalue weighted by molar-refractivity contribution is 6.03. The van der Waals surface area contributed by atoms with Gasteiger partial charge in [0, 0.05) is 0 Å². The Labute approximate surface area is 134 Å². The van der Waals surface area contributed by atoms with Crippen molar-refractivity contribution in [1.82, 2.24) is 0 Å². The Balaban J connectivity index is 3.32. The van der Waals surface area contributed by atoms with Crippen molar-refractivity contribution < 1.29 is 28.9 Å². The fourth-order valence-corrected chi connectivity index (χ4v) is 1.64. The topological polar surface area (TPSA) is 82.1 Å². The fraction of sp³-hybridized carbons (Fsp3) is 0.176. The molecule has 0 heterocycles. The minimum absolute atomic E-state index is 0.0323. The molecule has 0 aliphatic rings. The number of ether oxygens (including phenoxy) is 3. The molecule has 0 aromatic heterocycles. The van der Waals surface area contributed by atoms with Crippen LogP contribution in [0.2, 0.25) is 0 Å². The summed E-state index contributed by atoms with van der Waals surface area (Å²) in [6.45, 7) is 10.8. The molecular weight excluding hydrogens is 300 g/mol. The summed E-state index contributed by atoms with van der Waals surface area (Å²) in [6, 6.07) is 2.49. The number of hydrogen-bond acceptors (Lipinski definition) is 5. The van der Waals surface area contributed by atoms with Crippen LogP contribution in [0.25, 0.3) is 0 Å². The monoisotopic (exact) mass is 318 g/mol. The second-order valence-electron chi connectivity index (χ2n) is 4.24. The highest BCUT2D eigenvalue weighted by Gasteiger charge is 2.22. The molecule has 0 radical (unpaired) electrons. The number of aromatic carboxylic acids is 1. The Morgan fingerprint density at radius 2 is 1.39 bits per heavy atom. The lowest BCUT2D eigenvalue weighted by atomic mass is 10.1. The molecule has 0 spiro atoms. The van der Waals surface area contributed by atoms with E-state index in [1.807, 2.05) is 0 Å². The van der Waals surface area contributed by atoms with E-state index in [9.17, 15) is 14.7 Å². The van der Waals surface area contributed by atoms with Crippen LogP contribution in [0, 0.1) is 0 Å². The van der Waals surface area contributed by atoms with Crippen LogP contribution in [0.5, 0.6) is 11.5 Å². The average Bonchev–Trinajstić information content (AvgIpc) is 2.55. The zero-order chi connectivity index (χ0) is 17.2. The van der Waals surface area contributed by atoms with Crippen molar-refractivity contribution >= 4 is 11.9 Å². The Morgan fingerprint density at radius 3 is 1.83 bits per heavy atom. The van der Waals surface area contributed by atoms with Crippen molar-refractivity contribution in [3.05, 3.63) is 61.2 Å². The predicted molar refractivity (Wildman–Crippen MR) is 85.3 cm³/mol. The number of carbonyl (C=O) groups is 2. The van der Waals surface area contributed by atoms with Gasteiger partial charge < -0.3 is 19.3 Å². The van der Waals surface area contributed by atoms with Gasteiger partial charge in [-0.1, -0.05) is 38.0 Å². The quantitative estimate of drug-likeness (QED) is 0.527. The maximum absolute atomic E-state index is 12.0. The van der Waals surface area contributed by atoms with Crippen molar-refractivity contribution in [3.8, 4) is 11.5 Å². The van der Waals surface area contributed by atoms with Crippen LogP contribution in [0.3, 0.4) is 0 Å². The van der Waals surface area contributed by atoms with E-state index in [4.69, 9.17) is 14.2 Å². The molecule has 0 aliphatic carbocycles. The number of hydrogen-bond donors (Lipinski definition) is 1. The molecule has 1 N–H and O–H groups in total. The maximum atomic E-state index is 12.0. The van der Waals surface area contributed by atoms with Crippen molar-refractivity contribution in [2.24, 2.45) is 0 Å². The molecule has 23 heavy (non-hydrogen) atoms. The standard InChI is InChI=1S/C17H18O6/c1-4-7-21-14-10-12(16(18)19)13(17(20)23-9-6-3)11-15(14)22-8-5-2/h4-6,10-11H,1-3,7-9H2,(H,18,19). The van der Waals surface area contributed by atoms with Gasteiger partial charge in [-0.05, 0) is 12.1 Å². The summed E-state index contributed by atoms with van der Waals surface area (Å²) >= 11 is 0. The van der Waals surface area contributed by atoms with Gasteiger partial charge in [0.2, 0.25) is 0 Å². The van der Waals surface area contributed by atoms with Crippen LogP contribution < -0.4 is 9.47 Å². The summed E-state index contributed by atoms with van der Waals surface area (Å²) in [5, 5.41) is 9.30. The molecule has 0 bridgehead atoms. The minimum Gasteiger partial charge on any atom is -0.486 e. The first-order chi connectivity index (χ1) is 11.0. The van der Waals surface area contributed by atoms with Gasteiger partial charge in [0.05, 0.1) is 11.1 Å². The van der Waals surface area contributed by atoms with Crippen molar-refractivity contribution in [2.75, 3.05) is 19.8 Å². The van der Waals surface area contributed by atoms with Gasteiger partial charge in [0.25, 0.3) is 0 Å². The third-order valence-electron chi connectivity index (χ3n) is 2.58. The largest absolute Gasteiger partial charge is 0.486 e. The molecule has 6 heteroatoms. The van der Waals surface area contributed by atoms with E-state index >= 15 is 0 Å². The van der Waals surface area contributed by atoms with Crippen LogP contribution in [0.4, 0.5) is 0 Å². The summed E-state index contributed by atoms with van der Waals surface area (Å²) in [6.07, 6.45) is 4.40. The van der Waals surface area contributed by atoms with Crippen molar-refractivity contribution in [2.45, 2.75) is 0 Å². The van der Waals surface area contributed by atoms with Crippen molar-refractivity contribution in [3.63, 3.8) is 0 Å². The third kappa shape index (κ3) is 5.03. The number of carboxylic acids is 1. The van der Waals surface area contributed by atoms with E-state index in [0.29, 0.717) is 0 Å². The summed E-state index contributed by atoms with van der Waals surface area (Å²) in [5.74, 6) is -1.68. The molecule has 1 aromatic rings. The second kappa shape index (κ2) is 9.09. The third-order valence-corrected chi connectivity index (χ3v) is 2.58. The first-order valence-electron chi connectivity index (χ1n) is 6.71. The summed E-state index contributed by atoms with van der Waals surface area (Å²) in [7, 11) is 0. The van der Waals surface area contributed by atoms with Crippen LogP contribution in [0.15, 0.2) is 50.1 Å². The molecule has 6 nitrogen and oxygen atoms in total. The van der Waals surface area contributed by atoms with Crippen molar-refractivity contribution in [1.29, 1.82) is 0 Å². The zero-order valence-corrected chi connectivity index (χ0v) is 12.6. The normalized spacial score (nSPS) is 9.57. The van der Waals surface area contributed by atoms with Crippen LogP contribution in [0.1, 0.15) is 20.7 Å². The first-order valence-corrected chi connectivity index (χ1v) is 6.71. The van der Waals surface area contributed by atoms with Gasteiger partial charge in [-0.2, -0.15) is 0 Å². The van der Waals surface area contributed by atoms with E-state index in [1.165, 1.54) is 30.4 Å². The highest BCUT2D eigenvalue weighted by Crippen LogP contribution is 2.32. The molecular formula is C17H18O6. The lowest BCUT2D eigenvalue weighted by Crippen LogP contribution is -2.13. The van der Waals surface area contributed by atoms with E-state index in [1.54, 1.807) is 0 Å². The van der Waals surface area contributed by atoms with E-state index in [2.05, 4.69) is 19.7 Å². The van der Waals surface area contributed by atoms with Crippen LogP contribution in [-0.2, 0) is 4.74 Å². The molecule has 0 amide bonds. The van der Waals surface area contributed by atoms with E-state index in [-0.39, 0.29) is 42.4 Å². The van der Waals surface area contributed by atoms with Gasteiger partial charge in [-0.15, -0.1) is 0 Å². The Kier molecular flexibility index (Phi) is 7.13. The molecule has 1 aromatic carbocycles. The Hall–Kier alpha value is -3.02. The summed E-state index contributed by atoms with van der Waals surface area (Å²) in [4.78, 5) is 23.4. The molecule has 0 saturated heterocycles. The second-order valence-corrected chi connectivity index (χ2v) is 4.24. The SMILES string of the molecule is C=CCOC(=O)c1cc(OCC=C)c(OCC=C)cc1C(=O)O. The fourth-order valence-electron chi connectivity index (χ4n) is 1.64. The number of benzene rings is 1. The van der Waals surface area contributed by atoms with Gasteiger partial charge in [0.1, 0.15) is 19.8 Å². The average molecular weight is 318 g/mol. The number of esters is 1. The lowest BCUT2D eigenvalue weighted by Gasteiger charge is -2.14. The maximum Gasteiger partial charge on any atom is 0.339 e. The first kappa shape index (κ1) is 18.0. The molecule has 0 aliphatic heterocycles. The Bertz CT molecular complexity index is 618. The zero-order valence-electron chi connectivity index (χ0n) is 12.6. The summed E-state index contributed by atoms with van der Waals surface area (Å²) in [5.41, 5.74) is -0.381. The number of rotatable bonds is 10. The minimum atomic E-state index is -1.28. The van der Waals surface area contributed by atoms with Gasteiger partial charge >= 0.3 is 11.9 Å². The number of carboxylic acid groups (broad SMARTS) is 1. The number of carbonyl (C=O) groups excluding carboxylic acids is 1. The predicted octanol–water partition coefficient (Wildman–Crippen LogP) is 2.86. The van der Waals surface area contributed by atoms with Gasteiger partial charge in [0.15, 0.2) is 11.5 Å². The molecule has 1 rings (SSSR count). The molecule has 0 unspecified atom stereocenters. The molecule has 0 saturated carbocycles. The lowest BCUT2D eigenvalue weighted by molar-refractivity contribution is 0.0536. The van der Waals surface area contributed by atoms with Crippen LogP contribution in [-0.4, -0.2) is 36.9 Å². The smallest absolute Gasteiger partial charge is 0.339 e. The molecule has 122 valence electrons. The van der Waals surface area contributed by atoms with Gasteiger partial charge in [-0.25, -0.2) is 9.59 Å². The summed E-state index contributed by atoms with van der Waals surface area (Å²) < 4.78 is 15.7. The Morgan fingerprint density at radius 1 is 0.913 bits per heavy atom. The van der Waals surface area contributed by atoms with Gasteiger partial charge in [-0.3, -0.25) is 0 Å². The molecule has 0 atom stereocenters. The van der Waals surface area contributed by atoms with E-state index in [0.717, 1.165) is 0 Å². The highest BCUT2D eigenvalue weighted by atomic mass is 16.5.